The maximum atomic E-state index is 13.5. The fraction of sp³-hybridized carbons (Fsp3) is 0.346. The first-order valence-electron chi connectivity index (χ1n) is 11.5. The fourth-order valence-electron chi connectivity index (χ4n) is 3.90. The first-order chi connectivity index (χ1) is 17.1. The number of alkyl halides is 3. The van der Waals surface area contributed by atoms with Crippen molar-refractivity contribution in [2.45, 2.75) is 32.5 Å². The zero-order chi connectivity index (χ0) is 28.1. The molecule has 1 aromatic rings. The molecule has 1 aliphatic rings. The minimum absolute atomic E-state index is 0.242. The van der Waals surface area contributed by atoms with Gasteiger partial charge in [-0.2, -0.15) is 13.2 Å². The molecule has 0 aromatic heterocycles. The van der Waals surface area contributed by atoms with Gasteiger partial charge in [0.05, 0.1) is 23.0 Å². The number of allylic oxidation sites excluding steroid dienone is 4. The summed E-state index contributed by atoms with van der Waals surface area (Å²) in [6, 6.07) is 4.04. The Hall–Kier alpha value is -3.54. The summed E-state index contributed by atoms with van der Waals surface area (Å²) in [7, 11) is 5.21. The van der Waals surface area contributed by atoms with Crippen LogP contribution in [0.3, 0.4) is 0 Å². The predicted octanol–water partition coefficient (Wildman–Crippen LogP) is 3.22. The summed E-state index contributed by atoms with van der Waals surface area (Å²) in [6.45, 7) is 7.70. The molecule has 37 heavy (non-hydrogen) atoms. The van der Waals surface area contributed by atoms with Gasteiger partial charge in [0.2, 0.25) is 0 Å². The summed E-state index contributed by atoms with van der Waals surface area (Å²) >= 11 is 0. The van der Waals surface area contributed by atoms with Gasteiger partial charge in [0, 0.05) is 36.6 Å². The van der Waals surface area contributed by atoms with Crippen molar-refractivity contribution in [1.29, 1.82) is 0 Å². The summed E-state index contributed by atoms with van der Waals surface area (Å²) in [5.74, 6) is 11.5. The molecule has 0 saturated carbocycles. The summed E-state index contributed by atoms with van der Waals surface area (Å²) in [6.07, 6.45) is 0.986. The lowest BCUT2D eigenvalue weighted by atomic mass is 9.94. The van der Waals surface area contributed by atoms with Crippen molar-refractivity contribution in [3.05, 3.63) is 88.4 Å². The summed E-state index contributed by atoms with van der Waals surface area (Å²) < 4.78 is 40.4. The van der Waals surface area contributed by atoms with E-state index in [4.69, 9.17) is 17.4 Å². The molecule has 1 atom stereocenters. The standard InChI is InChI=1S/C26H36F3N7O/c1-7-22(17(3)35(6)31)23(30)15-36(32)24-12-19(9-8-16(24)2)25(37)33-21-11-18(14-34(4)5)10-20(13-21)26(27,28)29/h7-10,12-13,15,21H,1,11,14,30-32H2,2-6H3,(H,33,37)/b22-17+,23-15-. The van der Waals surface area contributed by atoms with Crippen molar-refractivity contribution < 1.29 is 18.0 Å². The van der Waals surface area contributed by atoms with Gasteiger partial charge in [-0.25, -0.2) is 11.7 Å². The number of carbonyl (C=O) groups excluding carboxylic acids is 1. The van der Waals surface area contributed by atoms with E-state index in [0.717, 1.165) is 17.7 Å². The molecule has 0 bridgehead atoms. The largest absolute Gasteiger partial charge is 0.416 e. The number of halogens is 3. The van der Waals surface area contributed by atoms with Crippen molar-refractivity contribution in [2.24, 2.45) is 17.4 Å². The number of hydrogen-bond donors (Lipinski definition) is 4. The summed E-state index contributed by atoms with van der Waals surface area (Å²) in [4.78, 5) is 14.8. The fourth-order valence-corrected chi connectivity index (χ4v) is 3.90. The number of carbonyl (C=O) groups is 1. The summed E-state index contributed by atoms with van der Waals surface area (Å²) in [5.41, 5.74) is 9.05. The molecule has 0 heterocycles. The van der Waals surface area contributed by atoms with Crippen LogP contribution in [0.5, 0.6) is 0 Å². The number of amides is 1. The maximum absolute atomic E-state index is 13.5. The van der Waals surface area contributed by atoms with E-state index in [-0.39, 0.29) is 12.0 Å². The lowest BCUT2D eigenvalue weighted by Crippen LogP contribution is -2.37. The smallest absolute Gasteiger partial charge is 0.397 e. The zero-order valence-electron chi connectivity index (χ0n) is 21.9. The van der Waals surface area contributed by atoms with E-state index in [2.05, 4.69) is 11.9 Å². The number of aryl methyl sites for hydroxylation is 1. The number of anilines is 1. The van der Waals surface area contributed by atoms with Crippen LogP contribution in [0.25, 0.3) is 0 Å². The predicted molar refractivity (Wildman–Crippen MR) is 142 cm³/mol. The Bertz CT molecular complexity index is 1150. The highest BCUT2D eigenvalue weighted by Gasteiger charge is 2.35. The number of rotatable bonds is 9. The van der Waals surface area contributed by atoms with Crippen LogP contribution in [0.2, 0.25) is 0 Å². The average Bonchev–Trinajstić information content (AvgIpc) is 2.78. The molecule has 1 aromatic carbocycles. The highest BCUT2D eigenvalue weighted by atomic mass is 19.4. The second kappa shape index (κ2) is 12.1. The third kappa shape index (κ3) is 7.97. The third-order valence-electron chi connectivity index (χ3n) is 5.85. The van der Waals surface area contributed by atoms with Crippen LogP contribution in [0.4, 0.5) is 18.9 Å². The average molecular weight is 520 g/mol. The van der Waals surface area contributed by atoms with Gasteiger partial charge in [-0.3, -0.25) is 9.80 Å². The van der Waals surface area contributed by atoms with Crippen molar-refractivity contribution in [3.63, 3.8) is 0 Å². The second-order valence-corrected chi connectivity index (χ2v) is 9.25. The number of nitrogens with zero attached hydrogens (tertiary/aromatic N) is 3. The van der Waals surface area contributed by atoms with Crippen molar-refractivity contribution >= 4 is 11.6 Å². The van der Waals surface area contributed by atoms with Crippen molar-refractivity contribution in [3.8, 4) is 0 Å². The van der Waals surface area contributed by atoms with Crippen LogP contribution in [0.1, 0.15) is 29.3 Å². The second-order valence-electron chi connectivity index (χ2n) is 9.25. The number of hydrogen-bond acceptors (Lipinski definition) is 7. The molecule has 0 aliphatic heterocycles. The van der Waals surface area contributed by atoms with Crippen LogP contribution < -0.4 is 27.7 Å². The molecule has 202 valence electrons. The molecule has 1 unspecified atom stereocenters. The van der Waals surface area contributed by atoms with Gasteiger partial charge in [0.25, 0.3) is 5.91 Å². The number of likely N-dealkylation sites (N-methyl/N-ethyl adjacent to an activating group) is 1. The van der Waals surface area contributed by atoms with E-state index >= 15 is 0 Å². The zero-order valence-corrected chi connectivity index (χ0v) is 21.9. The molecule has 8 nitrogen and oxygen atoms in total. The molecular formula is C26H36F3N7O. The molecule has 0 saturated heterocycles. The quantitative estimate of drug-likeness (QED) is 0.225. The van der Waals surface area contributed by atoms with E-state index in [1.54, 1.807) is 57.2 Å². The Balaban J connectivity index is 2.32. The molecule has 1 aliphatic carbocycles. The minimum Gasteiger partial charge on any atom is -0.397 e. The third-order valence-corrected chi connectivity index (χ3v) is 5.85. The molecule has 2 rings (SSSR count). The molecule has 0 fully saturated rings. The van der Waals surface area contributed by atoms with Gasteiger partial charge in [-0.05, 0) is 64.2 Å². The van der Waals surface area contributed by atoms with Crippen LogP contribution in [-0.4, -0.2) is 55.7 Å². The Morgan fingerprint density at radius 3 is 2.43 bits per heavy atom. The monoisotopic (exact) mass is 519 g/mol. The van der Waals surface area contributed by atoms with E-state index in [1.165, 1.54) is 16.2 Å². The minimum atomic E-state index is -4.51. The van der Waals surface area contributed by atoms with Gasteiger partial charge in [-0.1, -0.05) is 24.3 Å². The molecular weight excluding hydrogens is 483 g/mol. The van der Waals surface area contributed by atoms with E-state index in [0.29, 0.717) is 34.8 Å². The summed E-state index contributed by atoms with van der Waals surface area (Å²) in [5, 5.41) is 5.38. The molecule has 7 N–H and O–H groups in total. The highest BCUT2D eigenvalue weighted by molar-refractivity contribution is 5.95. The van der Waals surface area contributed by atoms with Crippen LogP contribution in [0, 0.1) is 6.92 Å². The lowest BCUT2D eigenvalue weighted by Gasteiger charge is -2.26. The molecule has 0 radical (unpaired) electrons. The Morgan fingerprint density at radius 2 is 1.89 bits per heavy atom. The maximum Gasteiger partial charge on any atom is 0.416 e. The number of hydrazine groups is 2. The van der Waals surface area contributed by atoms with Gasteiger partial charge in [0.15, 0.2) is 0 Å². The van der Waals surface area contributed by atoms with Crippen LogP contribution in [-0.2, 0) is 0 Å². The van der Waals surface area contributed by atoms with Gasteiger partial charge in [0.1, 0.15) is 0 Å². The SMILES string of the molecule is C=CC(/C(N)=C/N(N)c1cc(C(=O)NC2C=C(C(F)(F)F)C=C(CN(C)C)C2)ccc1C)=C(/C)N(C)N. The molecule has 1 amide bonds. The lowest BCUT2D eigenvalue weighted by molar-refractivity contribution is -0.0889. The Labute approximate surface area is 216 Å². The molecule has 11 heteroatoms. The van der Waals surface area contributed by atoms with Crippen molar-refractivity contribution in [1.82, 2.24) is 15.2 Å². The van der Waals surface area contributed by atoms with Gasteiger partial charge < -0.3 is 21.0 Å². The van der Waals surface area contributed by atoms with E-state index in [1.807, 2.05) is 6.92 Å². The topological polar surface area (TPSA) is 117 Å². The first-order valence-corrected chi connectivity index (χ1v) is 11.5. The van der Waals surface area contributed by atoms with Crippen LogP contribution in [0.15, 0.2) is 77.3 Å². The Kier molecular flexibility index (Phi) is 9.73. The van der Waals surface area contributed by atoms with Crippen LogP contribution >= 0.6 is 0 Å². The van der Waals surface area contributed by atoms with Gasteiger partial charge in [-0.15, -0.1) is 0 Å². The van der Waals surface area contributed by atoms with Gasteiger partial charge >= 0.3 is 6.18 Å². The Morgan fingerprint density at radius 1 is 1.24 bits per heavy atom. The highest BCUT2D eigenvalue weighted by Crippen LogP contribution is 2.32. The number of nitrogens with one attached hydrogen (secondary N) is 1. The number of nitrogens with two attached hydrogens (primary N) is 3. The molecule has 0 spiro atoms. The van der Waals surface area contributed by atoms with E-state index in [9.17, 15) is 18.0 Å². The first kappa shape index (κ1) is 29.7. The van der Waals surface area contributed by atoms with E-state index < -0.39 is 23.7 Å². The normalized spacial score (nSPS) is 17.1. The number of benzene rings is 1. The van der Waals surface area contributed by atoms with Crippen molar-refractivity contribution in [2.75, 3.05) is 32.7 Å².